The summed E-state index contributed by atoms with van der Waals surface area (Å²) < 4.78 is 0. The lowest BCUT2D eigenvalue weighted by Crippen LogP contribution is -1.93. The average Bonchev–Trinajstić information content (AvgIpc) is 2.82. The molecule has 0 spiro atoms. The van der Waals surface area contributed by atoms with Gasteiger partial charge >= 0.3 is 0 Å². The summed E-state index contributed by atoms with van der Waals surface area (Å²) in [5.41, 5.74) is 0.485. The zero-order chi connectivity index (χ0) is 12.3. The molecule has 88 valence electrons. The number of rotatable bonds is 4. The molecule has 2 N–H and O–H groups in total. The van der Waals surface area contributed by atoms with Crippen LogP contribution in [0.2, 0.25) is 0 Å². The second kappa shape index (κ2) is 4.98. The summed E-state index contributed by atoms with van der Waals surface area (Å²) in [7, 11) is 0. The van der Waals surface area contributed by atoms with E-state index < -0.39 is 4.92 Å². The van der Waals surface area contributed by atoms with E-state index in [0.29, 0.717) is 15.6 Å². The van der Waals surface area contributed by atoms with Crippen LogP contribution in [0.15, 0.2) is 40.6 Å². The number of nitrogens with one attached hydrogen (secondary N) is 1. The van der Waals surface area contributed by atoms with E-state index in [0.717, 1.165) is 0 Å². The Bertz CT molecular complexity index is 528. The Balaban J connectivity index is 2.36. The van der Waals surface area contributed by atoms with Crippen LogP contribution < -0.4 is 0 Å². The predicted molar refractivity (Wildman–Crippen MR) is 61.7 cm³/mol. The van der Waals surface area contributed by atoms with Gasteiger partial charge in [0.15, 0.2) is 5.16 Å². The van der Waals surface area contributed by atoms with Crippen LogP contribution in [0.4, 0.5) is 5.69 Å². The number of nitro benzene ring substituents is 1. The largest absolute Gasteiger partial charge is 0.392 e. The zero-order valence-electron chi connectivity index (χ0n) is 8.66. The van der Waals surface area contributed by atoms with Crippen LogP contribution >= 0.6 is 11.8 Å². The van der Waals surface area contributed by atoms with Gasteiger partial charge < -0.3 is 10.1 Å². The van der Waals surface area contributed by atoms with Crippen molar-refractivity contribution in [1.29, 1.82) is 0 Å². The Morgan fingerprint density at radius 3 is 2.94 bits per heavy atom. The van der Waals surface area contributed by atoms with Crippen LogP contribution in [0.5, 0.6) is 0 Å². The van der Waals surface area contributed by atoms with Crippen LogP contribution in [-0.4, -0.2) is 20.0 Å². The molecular formula is C10H9N3O3S. The van der Waals surface area contributed by atoms with E-state index in [4.69, 9.17) is 5.11 Å². The maximum Gasteiger partial charge on any atom is 0.283 e. The van der Waals surface area contributed by atoms with E-state index in [-0.39, 0.29) is 12.3 Å². The number of H-pyrrole nitrogens is 1. The second-order valence-electron chi connectivity index (χ2n) is 3.21. The maximum absolute atomic E-state index is 10.9. The Hall–Kier alpha value is -1.86. The first-order valence-electron chi connectivity index (χ1n) is 4.76. The molecule has 0 aliphatic carbocycles. The van der Waals surface area contributed by atoms with Crippen molar-refractivity contribution in [2.24, 2.45) is 0 Å². The van der Waals surface area contributed by atoms with Crippen molar-refractivity contribution in [3.8, 4) is 0 Å². The highest BCUT2D eigenvalue weighted by Crippen LogP contribution is 2.33. The standard InChI is InChI=1S/C10H9N3O3S/c14-6-7-1-2-9(8(5-7)13(15)16)17-10-11-3-4-12-10/h1-5,14H,6H2,(H,11,12). The molecule has 7 heteroatoms. The Kier molecular flexibility index (Phi) is 3.40. The number of aliphatic hydroxyl groups excluding tert-OH is 1. The highest BCUT2D eigenvalue weighted by molar-refractivity contribution is 7.99. The molecule has 0 unspecified atom stereocenters. The third-order valence-electron chi connectivity index (χ3n) is 2.08. The molecule has 0 radical (unpaired) electrons. The SMILES string of the molecule is O=[N+]([O-])c1cc(CO)ccc1Sc1ncc[nH]1. The topological polar surface area (TPSA) is 92.1 Å². The quantitative estimate of drug-likeness (QED) is 0.640. The first-order valence-corrected chi connectivity index (χ1v) is 5.58. The number of hydrogen-bond donors (Lipinski definition) is 2. The van der Waals surface area contributed by atoms with Gasteiger partial charge in [0.25, 0.3) is 5.69 Å². The van der Waals surface area contributed by atoms with E-state index in [1.165, 1.54) is 17.8 Å². The number of aromatic nitrogens is 2. The molecular weight excluding hydrogens is 242 g/mol. The molecule has 2 rings (SSSR count). The molecule has 0 aliphatic rings. The van der Waals surface area contributed by atoms with Gasteiger partial charge in [0.2, 0.25) is 0 Å². The fourth-order valence-corrected chi connectivity index (χ4v) is 2.12. The van der Waals surface area contributed by atoms with Gasteiger partial charge in [-0.05, 0) is 23.4 Å². The van der Waals surface area contributed by atoms with Crippen LogP contribution in [0.3, 0.4) is 0 Å². The molecule has 1 heterocycles. The van der Waals surface area contributed by atoms with E-state index in [1.54, 1.807) is 24.5 Å². The summed E-state index contributed by atoms with van der Waals surface area (Å²) in [6, 6.07) is 4.63. The Morgan fingerprint density at radius 1 is 1.53 bits per heavy atom. The minimum Gasteiger partial charge on any atom is -0.392 e. The average molecular weight is 251 g/mol. The third kappa shape index (κ3) is 2.63. The van der Waals surface area contributed by atoms with Gasteiger partial charge in [0.05, 0.1) is 16.4 Å². The van der Waals surface area contributed by atoms with Gasteiger partial charge in [-0.3, -0.25) is 10.1 Å². The number of hydrogen-bond acceptors (Lipinski definition) is 5. The van der Waals surface area contributed by atoms with Crippen LogP contribution in [0, 0.1) is 10.1 Å². The summed E-state index contributed by atoms with van der Waals surface area (Å²) in [6.45, 7) is -0.216. The lowest BCUT2D eigenvalue weighted by molar-refractivity contribution is -0.387. The first kappa shape index (κ1) is 11.6. The lowest BCUT2D eigenvalue weighted by atomic mass is 10.2. The number of nitrogens with zero attached hydrogens (tertiary/aromatic N) is 2. The highest BCUT2D eigenvalue weighted by Gasteiger charge is 2.16. The third-order valence-corrected chi connectivity index (χ3v) is 3.06. The molecule has 0 saturated heterocycles. The van der Waals surface area contributed by atoms with Crippen molar-refractivity contribution in [2.45, 2.75) is 16.7 Å². The maximum atomic E-state index is 10.9. The summed E-state index contributed by atoms with van der Waals surface area (Å²) in [4.78, 5) is 17.8. The monoisotopic (exact) mass is 251 g/mol. The van der Waals surface area contributed by atoms with Crippen molar-refractivity contribution in [1.82, 2.24) is 9.97 Å². The second-order valence-corrected chi connectivity index (χ2v) is 4.24. The molecule has 0 amide bonds. The minimum absolute atomic E-state index is 0.0297. The van der Waals surface area contributed by atoms with Crippen molar-refractivity contribution in [3.63, 3.8) is 0 Å². The molecule has 0 saturated carbocycles. The van der Waals surface area contributed by atoms with Crippen molar-refractivity contribution in [2.75, 3.05) is 0 Å². The molecule has 0 aliphatic heterocycles. The normalized spacial score (nSPS) is 10.4. The minimum atomic E-state index is -0.468. The molecule has 1 aromatic heterocycles. The number of nitro groups is 1. The Labute approximate surface area is 101 Å². The molecule has 0 fully saturated rings. The zero-order valence-corrected chi connectivity index (χ0v) is 9.48. The van der Waals surface area contributed by atoms with Crippen molar-refractivity contribution in [3.05, 3.63) is 46.3 Å². The number of aliphatic hydroxyl groups is 1. The number of aromatic amines is 1. The molecule has 6 nitrogen and oxygen atoms in total. The summed E-state index contributed by atoms with van der Waals surface area (Å²) in [6.07, 6.45) is 3.23. The molecule has 0 bridgehead atoms. The summed E-state index contributed by atoms with van der Waals surface area (Å²) >= 11 is 1.18. The van der Waals surface area contributed by atoms with Gasteiger partial charge in [0.1, 0.15) is 0 Å². The van der Waals surface area contributed by atoms with E-state index in [2.05, 4.69) is 9.97 Å². The molecule has 0 atom stereocenters. The van der Waals surface area contributed by atoms with Crippen molar-refractivity contribution < 1.29 is 10.0 Å². The van der Waals surface area contributed by atoms with Gasteiger partial charge in [0, 0.05) is 18.5 Å². The molecule has 1 aromatic carbocycles. The van der Waals surface area contributed by atoms with E-state index in [9.17, 15) is 10.1 Å². The summed E-state index contributed by atoms with van der Waals surface area (Å²) in [5.74, 6) is 0. The van der Waals surface area contributed by atoms with Crippen LogP contribution in [-0.2, 0) is 6.61 Å². The van der Waals surface area contributed by atoms with E-state index in [1.807, 2.05) is 0 Å². The fraction of sp³-hybridized carbons (Fsp3) is 0.100. The highest BCUT2D eigenvalue weighted by atomic mass is 32.2. The van der Waals surface area contributed by atoms with Gasteiger partial charge in [-0.15, -0.1) is 0 Å². The smallest absolute Gasteiger partial charge is 0.283 e. The van der Waals surface area contributed by atoms with Gasteiger partial charge in [-0.25, -0.2) is 4.98 Å². The van der Waals surface area contributed by atoms with E-state index >= 15 is 0 Å². The lowest BCUT2D eigenvalue weighted by Gasteiger charge is -2.02. The number of imidazole rings is 1. The van der Waals surface area contributed by atoms with Crippen molar-refractivity contribution >= 4 is 17.4 Å². The van der Waals surface area contributed by atoms with Gasteiger partial charge in [-0.2, -0.15) is 0 Å². The van der Waals surface area contributed by atoms with Crippen LogP contribution in [0.25, 0.3) is 0 Å². The van der Waals surface area contributed by atoms with Gasteiger partial charge in [-0.1, -0.05) is 6.07 Å². The molecule has 2 aromatic rings. The predicted octanol–water partition coefficient (Wildman–Crippen LogP) is 1.96. The Morgan fingerprint density at radius 2 is 2.35 bits per heavy atom. The summed E-state index contributed by atoms with van der Waals surface area (Å²) in [5, 5.41) is 20.4. The fourth-order valence-electron chi connectivity index (χ4n) is 1.30. The molecule has 17 heavy (non-hydrogen) atoms. The number of benzene rings is 1. The first-order chi connectivity index (χ1) is 8.20. The van der Waals surface area contributed by atoms with Crippen LogP contribution in [0.1, 0.15) is 5.56 Å².